The largest absolute Gasteiger partial charge is 0.491 e. The standard InChI is InChI=1S/C29H38N4O2/c1-5-27-26(18-24-11-8-9-21(2)17-24)29(31-23(4)30-27)33-15-13-32(14-16-33)19-25(34)20-35-28-12-7-6-10-22(28)3/h6-12,17,25,34H,5,13-16,18-20H2,1-4H3. The van der Waals surface area contributed by atoms with E-state index in [-0.39, 0.29) is 0 Å². The molecule has 0 spiro atoms. The van der Waals surface area contributed by atoms with E-state index in [9.17, 15) is 5.11 Å². The fourth-order valence-corrected chi connectivity index (χ4v) is 4.80. The van der Waals surface area contributed by atoms with E-state index in [1.54, 1.807) is 0 Å². The van der Waals surface area contributed by atoms with Gasteiger partial charge in [0.05, 0.1) is 0 Å². The minimum atomic E-state index is -0.522. The van der Waals surface area contributed by atoms with Crippen LogP contribution in [0.2, 0.25) is 0 Å². The summed E-state index contributed by atoms with van der Waals surface area (Å²) in [5.41, 5.74) is 6.03. The maximum Gasteiger partial charge on any atom is 0.136 e. The number of para-hydroxylation sites is 1. The molecule has 0 saturated carbocycles. The molecule has 1 N–H and O–H groups in total. The van der Waals surface area contributed by atoms with Crippen LogP contribution < -0.4 is 9.64 Å². The third-order valence-corrected chi connectivity index (χ3v) is 6.65. The molecule has 1 aromatic heterocycles. The molecule has 1 aliphatic heterocycles. The van der Waals surface area contributed by atoms with Gasteiger partial charge < -0.3 is 14.7 Å². The molecule has 0 radical (unpaired) electrons. The highest BCUT2D eigenvalue weighted by molar-refractivity contribution is 5.52. The molecule has 4 rings (SSSR count). The van der Waals surface area contributed by atoms with Crippen LogP contribution in [0.5, 0.6) is 5.75 Å². The lowest BCUT2D eigenvalue weighted by Gasteiger charge is -2.37. The Kier molecular flexibility index (Phi) is 8.37. The molecule has 2 heterocycles. The summed E-state index contributed by atoms with van der Waals surface area (Å²) in [7, 11) is 0. The van der Waals surface area contributed by atoms with E-state index < -0.39 is 6.10 Å². The number of rotatable bonds is 9. The van der Waals surface area contributed by atoms with Gasteiger partial charge in [0.2, 0.25) is 0 Å². The number of anilines is 1. The third-order valence-electron chi connectivity index (χ3n) is 6.65. The Morgan fingerprint density at radius 1 is 0.971 bits per heavy atom. The Morgan fingerprint density at radius 3 is 2.46 bits per heavy atom. The minimum Gasteiger partial charge on any atom is -0.491 e. The van der Waals surface area contributed by atoms with Gasteiger partial charge in [0.1, 0.15) is 30.1 Å². The zero-order valence-electron chi connectivity index (χ0n) is 21.5. The van der Waals surface area contributed by atoms with Crippen molar-refractivity contribution in [1.82, 2.24) is 14.9 Å². The summed E-state index contributed by atoms with van der Waals surface area (Å²) in [5.74, 6) is 2.73. The van der Waals surface area contributed by atoms with E-state index in [0.29, 0.717) is 13.2 Å². The van der Waals surface area contributed by atoms with Crippen LogP contribution in [-0.4, -0.2) is 65.4 Å². The summed E-state index contributed by atoms with van der Waals surface area (Å²) in [6.07, 6.45) is 1.21. The lowest BCUT2D eigenvalue weighted by atomic mass is 10.0. The highest BCUT2D eigenvalue weighted by Gasteiger charge is 2.24. The molecule has 1 saturated heterocycles. The normalized spacial score (nSPS) is 15.3. The van der Waals surface area contributed by atoms with Gasteiger partial charge in [-0.05, 0) is 44.4 Å². The molecule has 6 nitrogen and oxygen atoms in total. The van der Waals surface area contributed by atoms with Gasteiger partial charge in [-0.15, -0.1) is 0 Å². The van der Waals surface area contributed by atoms with E-state index in [1.807, 2.05) is 38.1 Å². The number of nitrogens with zero attached hydrogens (tertiary/aromatic N) is 4. The highest BCUT2D eigenvalue weighted by atomic mass is 16.5. The predicted molar refractivity (Wildman–Crippen MR) is 141 cm³/mol. The van der Waals surface area contributed by atoms with E-state index in [1.165, 1.54) is 16.7 Å². The van der Waals surface area contributed by atoms with Gasteiger partial charge in [-0.1, -0.05) is 55.0 Å². The fraction of sp³-hybridized carbons (Fsp3) is 0.448. The summed E-state index contributed by atoms with van der Waals surface area (Å²) in [6, 6.07) is 16.6. The van der Waals surface area contributed by atoms with Crippen molar-refractivity contribution in [3.05, 3.63) is 82.3 Å². The lowest BCUT2D eigenvalue weighted by Crippen LogP contribution is -2.49. The number of aromatic nitrogens is 2. The van der Waals surface area contributed by atoms with Crippen molar-refractivity contribution >= 4 is 5.82 Å². The number of ether oxygens (including phenoxy) is 1. The highest BCUT2D eigenvalue weighted by Crippen LogP contribution is 2.26. The molecular formula is C29H38N4O2. The third kappa shape index (κ3) is 6.59. The molecule has 1 fully saturated rings. The summed E-state index contributed by atoms with van der Waals surface area (Å²) >= 11 is 0. The van der Waals surface area contributed by atoms with Crippen LogP contribution in [0.4, 0.5) is 5.82 Å². The molecule has 186 valence electrons. The molecule has 1 unspecified atom stereocenters. The fourth-order valence-electron chi connectivity index (χ4n) is 4.80. The van der Waals surface area contributed by atoms with Crippen molar-refractivity contribution in [2.24, 2.45) is 0 Å². The first-order valence-corrected chi connectivity index (χ1v) is 12.7. The number of aliphatic hydroxyl groups excluding tert-OH is 1. The zero-order chi connectivity index (χ0) is 24.8. The Labute approximate surface area is 209 Å². The molecule has 1 atom stereocenters. The topological polar surface area (TPSA) is 61.7 Å². The Hall–Kier alpha value is -2.96. The maximum atomic E-state index is 10.6. The molecule has 35 heavy (non-hydrogen) atoms. The Morgan fingerprint density at radius 2 is 1.74 bits per heavy atom. The van der Waals surface area contributed by atoms with Crippen LogP contribution >= 0.6 is 0 Å². The first kappa shape index (κ1) is 25.1. The van der Waals surface area contributed by atoms with Crippen LogP contribution in [0.25, 0.3) is 0 Å². The summed E-state index contributed by atoms with van der Waals surface area (Å²) in [5, 5.41) is 10.6. The van der Waals surface area contributed by atoms with Gasteiger partial charge in [0.15, 0.2) is 0 Å². The van der Waals surface area contributed by atoms with Crippen molar-refractivity contribution in [3.63, 3.8) is 0 Å². The van der Waals surface area contributed by atoms with Crippen molar-refractivity contribution in [2.75, 3.05) is 44.2 Å². The number of aliphatic hydroxyl groups is 1. The van der Waals surface area contributed by atoms with Crippen LogP contribution in [-0.2, 0) is 12.8 Å². The first-order valence-electron chi connectivity index (χ1n) is 12.7. The van der Waals surface area contributed by atoms with Crippen LogP contribution in [0.15, 0.2) is 48.5 Å². The zero-order valence-corrected chi connectivity index (χ0v) is 21.5. The van der Waals surface area contributed by atoms with Crippen molar-refractivity contribution in [2.45, 2.75) is 46.6 Å². The lowest BCUT2D eigenvalue weighted by molar-refractivity contribution is 0.0660. The second-order valence-corrected chi connectivity index (χ2v) is 9.56. The molecule has 1 aliphatic rings. The van der Waals surface area contributed by atoms with E-state index >= 15 is 0 Å². The van der Waals surface area contributed by atoms with Crippen LogP contribution in [0, 0.1) is 20.8 Å². The molecule has 0 aliphatic carbocycles. The van der Waals surface area contributed by atoms with Crippen molar-refractivity contribution < 1.29 is 9.84 Å². The number of hydrogen-bond donors (Lipinski definition) is 1. The molecule has 3 aromatic rings. The number of hydrogen-bond acceptors (Lipinski definition) is 6. The first-order chi connectivity index (χ1) is 16.9. The maximum absolute atomic E-state index is 10.6. The second-order valence-electron chi connectivity index (χ2n) is 9.56. The summed E-state index contributed by atoms with van der Waals surface area (Å²) in [4.78, 5) is 14.4. The summed E-state index contributed by atoms with van der Waals surface area (Å²) < 4.78 is 5.85. The number of piperazine rings is 1. The Balaban J connectivity index is 1.39. The average molecular weight is 475 g/mol. The van der Waals surface area contributed by atoms with Crippen LogP contribution in [0.1, 0.15) is 40.7 Å². The van der Waals surface area contributed by atoms with Crippen molar-refractivity contribution in [1.29, 1.82) is 0 Å². The number of aryl methyl sites for hydroxylation is 4. The smallest absolute Gasteiger partial charge is 0.136 e. The molecule has 0 amide bonds. The van der Waals surface area contributed by atoms with Crippen LogP contribution in [0.3, 0.4) is 0 Å². The van der Waals surface area contributed by atoms with Gasteiger partial charge >= 0.3 is 0 Å². The molecule has 2 aromatic carbocycles. The molecular weight excluding hydrogens is 436 g/mol. The quantitative estimate of drug-likeness (QED) is 0.504. The number of β-amino-alcohol motifs (C(OH)–C–C–N with tert-alkyl or cyclic N) is 1. The number of benzene rings is 2. The van der Waals surface area contributed by atoms with Gasteiger partial charge in [-0.3, -0.25) is 4.90 Å². The van der Waals surface area contributed by atoms with Crippen molar-refractivity contribution in [3.8, 4) is 5.75 Å². The average Bonchev–Trinajstić information content (AvgIpc) is 2.85. The van der Waals surface area contributed by atoms with E-state index in [2.05, 4.69) is 47.9 Å². The molecule has 0 bridgehead atoms. The van der Waals surface area contributed by atoms with Gasteiger partial charge in [0.25, 0.3) is 0 Å². The SMILES string of the molecule is CCc1nc(C)nc(N2CCN(CC(O)COc3ccccc3C)CC2)c1Cc1cccc(C)c1. The van der Waals surface area contributed by atoms with Gasteiger partial charge in [-0.2, -0.15) is 0 Å². The van der Waals surface area contributed by atoms with Gasteiger partial charge in [0, 0.05) is 50.4 Å². The predicted octanol–water partition coefficient (Wildman–Crippen LogP) is 4.12. The molecule has 6 heteroatoms. The summed E-state index contributed by atoms with van der Waals surface area (Å²) in [6.45, 7) is 12.8. The van der Waals surface area contributed by atoms with E-state index in [0.717, 1.165) is 67.7 Å². The monoisotopic (exact) mass is 474 g/mol. The Bertz CT molecular complexity index is 1130. The second kappa shape index (κ2) is 11.6. The minimum absolute atomic E-state index is 0.302. The van der Waals surface area contributed by atoms with E-state index in [4.69, 9.17) is 14.7 Å². The van der Waals surface area contributed by atoms with Gasteiger partial charge in [-0.25, -0.2) is 9.97 Å².